The average molecular weight is 299 g/mol. The smallest absolute Gasteiger partial charge is 0.222 e. The lowest BCUT2D eigenvalue weighted by molar-refractivity contribution is -0.131. The third-order valence-corrected chi connectivity index (χ3v) is 3.59. The molecule has 1 saturated heterocycles. The number of carbonyl (C=O) groups is 1. The molecule has 0 aliphatic carbocycles. The highest BCUT2D eigenvalue weighted by Crippen LogP contribution is 2.15. The second-order valence-electron chi connectivity index (χ2n) is 5.11. The number of hydrogen-bond donors (Lipinski definition) is 1. The van der Waals surface area contributed by atoms with Gasteiger partial charge in [-0.3, -0.25) is 4.79 Å². The fraction of sp³-hybridized carbons (Fsp3) is 0.533. The summed E-state index contributed by atoms with van der Waals surface area (Å²) in [4.78, 5) is 13.8. The van der Waals surface area contributed by atoms with Crippen molar-refractivity contribution in [2.45, 2.75) is 31.8 Å². The molecule has 2 rings (SSSR count). The second-order valence-corrected chi connectivity index (χ2v) is 5.11. The molecule has 1 aromatic rings. The Labute approximate surface area is 126 Å². The van der Waals surface area contributed by atoms with Gasteiger partial charge in [0.15, 0.2) is 0 Å². The number of para-hydroxylation sites is 1. The molecule has 1 aromatic carbocycles. The Morgan fingerprint density at radius 3 is 2.85 bits per heavy atom. The van der Waals surface area contributed by atoms with Crippen LogP contribution in [0.4, 0.5) is 5.69 Å². The van der Waals surface area contributed by atoms with E-state index in [0.717, 1.165) is 30.7 Å². The van der Waals surface area contributed by atoms with Crippen molar-refractivity contribution in [1.82, 2.24) is 4.90 Å². The standard InChI is InChI=1S/C15H22N2O2.ClH/c1-17(11-13-6-4-10-19-13)15(18)9-8-12-5-2-3-7-14(12)16;/h2-3,5,7,13H,4,6,8-11,16H2,1H3;1H. The Kier molecular flexibility index (Phi) is 6.82. The predicted molar refractivity (Wildman–Crippen MR) is 83.0 cm³/mol. The van der Waals surface area contributed by atoms with Crippen molar-refractivity contribution in [2.75, 3.05) is 25.9 Å². The number of nitrogens with zero attached hydrogens (tertiary/aromatic N) is 1. The number of nitrogen functional groups attached to an aromatic ring is 1. The van der Waals surface area contributed by atoms with E-state index in [9.17, 15) is 4.79 Å². The van der Waals surface area contributed by atoms with Gasteiger partial charge in [0.05, 0.1) is 6.10 Å². The van der Waals surface area contributed by atoms with Gasteiger partial charge in [0.1, 0.15) is 0 Å². The predicted octanol–water partition coefficient (Wildman–Crippen LogP) is 2.26. The van der Waals surface area contributed by atoms with Gasteiger partial charge < -0.3 is 15.4 Å². The van der Waals surface area contributed by atoms with Crippen LogP contribution in [0.15, 0.2) is 24.3 Å². The number of halogens is 1. The molecular formula is C15H23ClN2O2. The normalized spacial score (nSPS) is 17.6. The number of hydrogen-bond acceptors (Lipinski definition) is 3. The molecule has 1 unspecified atom stereocenters. The monoisotopic (exact) mass is 298 g/mol. The first-order valence-corrected chi connectivity index (χ1v) is 6.86. The lowest BCUT2D eigenvalue weighted by Crippen LogP contribution is -2.34. The molecule has 1 fully saturated rings. The molecule has 1 aliphatic heterocycles. The van der Waals surface area contributed by atoms with Crippen LogP contribution in [0, 0.1) is 0 Å². The van der Waals surface area contributed by atoms with Gasteiger partial charge in [-0.2, -0.15) is 0 Å². The van der Waals surface area contributed by atoms with E-state index in [0.29, 0.717) is 19.4 Å². The van der Waals surface area contributed by atoms with E-state index in [1.807, 2.05) is 31.3 Å². The molecule has 0 spiro atoms. The van der Waals surface area contributed by atoms with Crippen molar-refractivity contribution in [3.05, 3.63) is 29.8 Å². The van der Waals surface area contributed by atoms with Crippen LogP contribution in [0.1, 0.15) is 24.8 Å². The summed E-state index contributed by atoms with van der Waals surface area (Å²) in [6, 6.07) is 7.70. The lowest BCUT2D eigenvalue weighted by Gasteiger charge is -2.21. The van der Waals surface area contributed by atoms with E-state index >= 15 is 0 Å². The largest absolute Gasteiger partial charge is 0.399 e. The summed E-state index contributed by atoms with van der Waals surface area (Å²) >= 11 is 0. The summed E-state index contributed by atoms with van der Waals surface area (Å²) in [6.45, 7) is 1.52. The topological polar surface area (TPSA) is 55.6 Å². The molecule has 20 heavy (non-hydrogen) atoms. The maximum absolute atomic E-state index is 12.0. The lowest BCUT2D eigenvalue weighted by atomic mass is 10.1. The highest BCUT2D eigenvalue weighted by Gasteiger charge is 2.19. The number of ether oxygens (including phenoxy) is 1. The van der Waals surface area contributed by atoms with Crippen LogP contribution in [0.2, 0.25) is 0 Å². The first-order chi connectivity index (χ1) is 9.16. The van der Waals surface area contributed by atoms with Crippen LogP contribution >= 0.6 is 12.4 Å². The summed E-state index contributed by atoms with van der Waals surface area (Å²) in [5.41, 5.74) is 7.67. The SMILES string of the molecule is CN(CC1CCCO1)C(=O)CCc1ccccc1N.Cl. The zero-order chi connectivity index (χ0) is 13.7. The van der Waals surface area contributed by atoms with E-state index < -0.39 is 0 Å². The fourth-order valence-corrected chi connectivity index (χ4v) is 2.39. The molecule has 112 valence electrons. The van der Waals surface area contributed by atoms with Gasteiger partial charge in [-0.05, 0) is 30.9 Å². The number of nitrogens with two attached hydrogens (primary N) is 1. The summed E-state index contributed by atoms with van der Waals surface area (Å²) in [5.74, 6) is 0.152. The Hall–Kier alpha value is -1.26. The number of likely N-dealkylation sites (N-methyl/N-ethyl adjacent to an activating group) is 1. The molecule has 0 bridgehead atoms. The molecule has 1 amide bonds. The summed E-state index contributed by atoms with van der Waals surface area (Å²) in [6.07, 6.45) is 3.57. The second kappa shape index (κ2) is 8.12. The Balaban J connectivity index is 0.00000200. The molecule has 0 saturated carbocycles. The average Bonchev–Trinajstić information content (AvgIpc) is 2.90. The van der Waals surface area contributed by atoms with Gasteiger partial charge in [0.25, 0.3) is 0 Å². The van der Waals surface area contributed by atoms with Crippen LogP contribution in [-0.2, 0) is 16.0 Å². The minimum absolute atomic E-state index is 0. The Bertz CT molecular complexity index is 434. The molecule has 1 heterocycles. The van der Waals surface area contributed by atoms with Crippen molar-refractivity contribution in [3.63, 3.8) is 0 Å². The molecular weight excluding hydrogens is 276 g/mol. The highest BCUT2D eigenvalue weighted by atomic mass is 35.5. The molecule has 2 N–H and O–H groups in total. The van der Waals surface area contributed by atoms with Crippen LogP contribution in [-0.4, -0.2) is 37.1 Å². The molecule has 1 aliphatic rings. The molecule has 5 heteroatoms. The van der Waals surface area contributed by atoms with Gasteiger partial charge in [0, 0.05) is 32.3 Å². The van der Waals surface area contributed by atoms with Crippen molar-refractivity contribution in [3.8, 4) is 0 Å². The molecule has 0 aromatic heterocycles. The number of rotatable bonds is 5. The molecule has 1 atom stereocenters. The molecule has 0 radical (unpaired) electrons. The number of anilines is 1. The van der Waals surface area contributed by atoms with E-state index in [-0.39, 0.29) is 24.4 Å². The first-order valence-electron chi connectivity index (χ1n) is 6.86. The number of amides is 1. The zero-order valence-electron chi connectivity index (χ0n) is 11.9. The number of carbonyl (C=O) groups excluding carboxylic acids is 1. The maximum Gasteiger partial charge on any atom is 0.222 e. The van der Waals surface area contributed by atoms with Gasteiger partial charge in [-0.15, -0.1) is 12.4 Å². The fourth-order valence-electron chi connectivity index (χ4n) is 2.39. The van der Waals surface area contributed by atoms with Gasteiger partial charge in [-0.25, -0.2) is 0 Å². The van der Waals surface area contributed by atoms with Gasteiger partial charge in [-0.1, -0.05) is 18.2 Å². The minimum atomic E-state index is 0. The summed E-state index contributed by atoms with van der Waals surface area (Å²) in [7, 11) is 1.85. The first kappa shape index (κ1) is 16.8. The maximum atomic E-state index is 12.0. The third kappa shape index (κ3) is 4.69. The third-order valence-electron chi connectivity index (χ3n) is 3.59. The van der Waals surface area contributed by atoms with Crippen molar-refractivity contribution in [2.24, 2.45) is 0 Å². The van der Waals surface area contributed by atoms with Crippen LogP contribution in [0.25, 0.3) is 0 Å². The Morgan fingerprint density at radius 2 is 2.20 bits per heavy atom. The number of aryl methyl sites for hydroxylation is 1. The van der Waals surface area contributed by atoms with E-state index in [2.05, 4.69) is 0 Å². The van der Waals surface area contributed by atoms with E-state index in [1.54, 1.807) is 4.90 Å². The summed E-state index contributed by atoms with van der Waals surface area (Å²) < 4.78 is 5.54. The van der Waals surface area contributed by atoms with E-state index in [1.165, 1.54) is 0 Å². The van der Waals surface area contributed by atoms with Crippen molar-refractivity contribution >= 4 is 24.0 Å². The van der Waals surface area contributed by atoms with Crippen molar-refractivity contribution < 1.29 is 9.53 Å². The highest BCUT2D eigenvalue weighted by molar-refractivity contribution is 5.85. The van der Waals surface area contributed by atoms with Crippen molar-refractivity contribution in [1.29, 1.82) is 0 Å². The summed E-state index contributed by atoms with van der Waals surface area (Å²) in [5, 5.41) is 0. The van der Waals surface area contributed by atoms with Crippen LogP contribution in [0.3, 0.4) is 0 Å². The van der Waals surface area contributed by atoms with Crippen LogP contribution in [0.5, 0.6) is 0 Å². The van der Waals surface area contributed by atoms with Gasteiger partial charge in [0.2, 0.25) is 5.91 Å². The number of benzene rings is 1. The van der Waals surface area contributed by atoms with E-state index in [4.69, 9.17) is 10.5 Å². The van der Waals surface area contributed by atoms with Gasteiger partial charge >= 0.3 is 0 Å². The quantitative estimate of drug-likeness (QED) is 0.848. The molecule has 4 nitrogen and oxygen atoms in total. The minimum Gasteiger partial charge on any atom is -0.399 e. The zero-order valence-corrected chi connectivity index (χ0v) is 12.7. The van der Waals surface area contributed by atoms with Crippen LogP contribution < -0.4 is 5.73 Å². The Morgan fingerprint density at radius 1 is 1.45 bits per heavy atom.